The minimum absolute atomic E-state index is 0.141. The Morgan fingerprint density at radius 2 is 1.00 bits per heavy atom. The zero-order valence-corrected chi connectivity index (χ0v) is 20.6. The van der Waals surface area contributed by atoms with Gasteiger partial charge in [0.15, 0.2) is 0 Å². The second-order valence-electron chi connectivity index (χ2n) is 9.11. The van der Waals surface area contributed by atoms with E-state index in [1.54, 1.807) is 26.0 Å². The van der Waals surface area contributed by atoms with Crippen LogP contribution in [0.2, 0.25) is 0 Å². The molecule has 2 rings (SSSR count). The Bertz CT molecular complexity index is 745. The Hall–Kier alpha value is -1.86. The largest absolute Gasteiger partial charge is 0.396 e. The smallest absolute Gasteiger partial charge is 0.126 e. The molecule has 0 fully saturated rings. The SMILES string of the molecule is Cc1cc(C[C@@H](CO)CCCCO)ccc1F.Cc1cc(C[C@H](CO)CCCCO)ccc1F. The Morgan fingerprint density at radius 1 is 0.618 bits per heavy atom. The molecule has 0 aromatic heterocycles. The third-order valence-corrected chi connectivity index (χ3v) is 6.05. The lowest BCUT2D eigenvalue weighted by atomic mass is 9.94. The molecule has 0 bridgehead atoms. The van der Waals surface area contributed by atoms with Crippen molar-refractivity contribution in [3.63, 3.8) is 0 Å². The Balaban J connectivity index is 0.000000340. The van der Waals surface area contributed by atoms with Crippen molar-refractivity contribution in [2.45, 2.75) is 65.2 Å². The molecule has 0 aliphatic rings. The first-order valence-electron chi connectivity index (χ1n) is 12.3. The molecule has 4 nitrogen and oxygen atoms in total. The molecule has 0 aliphatic carbocycles. The van der Waals surface area contributed by atoms with Gasteiger partial charge in [0.25, 0.3) is 0 Å². The lowest BCUT2D eigenvalue weighted by Crippen LogP contribution is -2.10. The summed E-state index contributed by atoms with van der Waals surface area (Å²) in [6, 6.07) is 10.2. The lowest BCUT2D eigenvalue weighted by molar-refractivity contribution is 0.209. The fourth-order valence-corrected chi connectivity index (χ4v) is 3.94. The molecule has 0 saturated carbocycles. The van der Waals surface area contributed by atoms with E-state index in [2.05, 4.69) is 0 Å². The summed E-state index contributed by atoms with van der Waals surface area (Å²) in [5.74, 6) is 0.0296. The van der Waals surface area contributed by atoms with Gasteiger partial charge in [0.1, 0.15) is 11.6 Å². The zero-order chi connectivity index (χ0) is 25.3. The maximum atomic E-state index is 13.1. The summed E-state index contributed by atoms with van der Waals surface area (Å²) in [6.07, 6.45) is 6.72. The lowest BCUT2D eigenvalue weighted by Gasteiger charge is -2.14. The van der Waals surface area contributed by atoms with Crippen LogP contribution >= 0.6 is 0 Å². The van der Waals surface area contributed by atoms with Crippen LogP contribution in [0.1, 0.15) is 60.8 Å². The number of hydrogen-bond acceptors (Lipinski definition) is 4. The van der Waals surface area contributed by atoms with Gasteiger partial charge in [-0.1, -0.05) is 37.1 Å². The summed E-state index contributed by atoms with van der Waals surface area (Å²) in [4.78, 5) is 0. The molecular weight excluding hydrogens is 438 g/mol. The third-order valence-electron chi connectivity index (χ3n) is 6.05. The molecule has 34 heavy (non-hydrogen) atoms. The van der Waals surface area contributed by atoms with E-state index in [4.69, 9.17) is 10.2 Å². The first-order valence-corrected chi connectivity index (χ1v) is 12.3. The van der Waals surface area contributed by atoms with Crippen LogP contribution in [0.3, 0.4) is 0 Å². The molecule has 0 amide bonds. The quantitative estimate of drug-likeness (QED) is 0.290. The first-order chi connectivity index (χ1) is 16.3. The van der Waals surface area contributed by atoms with Gasteiger partial charge in [-0.05, 0) is 98.6 Å². The topological polar surface area (TPSA) is 80.9 Å². The van der Waals surface area contributed by atoms with Gasteiger partial charge in [-0.2, -0.15) is 0 Å². The highest BCUT2D eigenvalue weighted by Gasteiger charge is 2.10. The summed E-state index contributed by atoms with van der Waals surface area (Å²) >= 11 is 0. The molecule has 0 radical (unpaired) electrons. The normalized spacial score (nSPS) is 12.7. The van der Waals surface area contributed by atoms with E-state index in [1.807, 2.05) is 12.1 Å². The van der Waals surface area contributed by atoms with Gasteiger partial charge in [-0.25, -0.2) is 8.78 Å². The van der Waals surface area contributed by atoms with E-state index in [0.717, 1.165) is 62.5 Å². The van der Waals surface area contributed by atoms with Gasteiger partial charge < -0.3 is 20.4 Å². The van der Waals surface area contributed by atoms with Crippen LogP contribution in [0, 0.1) is 37.3 Å². The van der Waals surface area contributed by atoms with Gasteiger partial charge in [0, 0.05) is 26.4 Å². The van der Waals surface area contributed by atoms with E-state index in [1.165, 1.54) is 12.1 Å². The maximum absolute atomic E-state index is 13.1. The van der Waals surface area contributed by atoms with Crippen LogP contribution < -0.4 is 0 Å². The molecule has 0 spiro atoms. The van der Waals surface area contributed by atoms with Crippen molar-refractivity contribution in [1.29, 1.82) is 0 Å². The number of aliphatic hydroxyl groups is 4. The van der Waals surface area contributed by atoms with Crippen molar-refractivity contribution in [2.75, 3.05) is 26.4 Å². The van der Waals surface area contributed by atoms with Gasteiger partial charge in [0.2, 0.25) is 0 Å². The average molecular weight is 481 g/mol. The molecule has 2 aromatic rings. The number of halogens is 2. The van der Waals surface area contributed by atoms with Crippen LogP contribution in [-0.2, 0) is 12.8 Å². The minimum atomic E-state index is -0.186. The summed E-state index contributed by atoms with van der Waals surface area (Å²) in [5.41, 5.74) is 3.42. The maximum Gasteiger partial charge on any atom is 0.126 e. The van der Waals surface area contributed by atoms with Crippen LogP contribution in [0.25, 0.3) is 0 Å². The Labute approximate surface area is 203 Å². The van der Waals surface area contributed by atoms with Crippen LogP contribution in [-0.4, -0.2) is 46.9 Å². The van der Waals surface area contributed by atoms with Crippen molar-refractivity contribution in [3.05, 3.63) is 70.3 Å². The molecule has 0 unspecified atom stereocenters. The fraction of sp³-hybridized carbons (Fsp3) is 0.571. The van der Waals surface area contributed by atoms with Gasteiger partial charge in [0.05, 0.1) is 0 Å². The minimum Gasteiger partial charge on any atom is -0.396 e. The highest BCUT2D eigenvalue weighted by atomic mass is 19.1. The van der Waals surface area contributed by atoms with E-state index in [9.17, 15) is 19.0 Å². The van der Waals surface area contributed by atoms with Crippen molar-refractivity contribution in [2.24, 2.45) is 11.8 Å². The number of rotatable bonds is 14. The molecule has 0 heterocycles. The van der Waals surface area contributed by atoms with Crippen molar-refractivity contribution >= 4 is 0 Å². The first kappa shape index (κ1) is 30.2. The average Bonchev–Trinajstić information content (AvgIpc) is 2.83. The molecule has 0 aliphatic heterocycles. The molecular formula is C28H42F2O4. The predicted octanol–water partition coefficient (Wildman–Crippen LogP) is 4.90. The van der Waals surface area contributed by atoms with Gasteiger partial charge in [-0.3, -0.25) is 0 Å². The van der Waals surface area contributed by atoms with Crippen molar-refractivity contribution in [1.82, 2.24) is 0 Å². The number of aryl methyl sites for hydroxylation is 2. The standard InChI is InChI=1S/2C14H21FO2/c2*1-11-8-12(5-6-14(11)15)9-13(10-17)4-2-3-7-16/h2*5-6,8,13,16-17H,2-4,7,9-10H2,1H3/t2*13-/m10/s1. The van der Waals surface area contributed by atoms with Gasteiger partial charge >= 0.3 is 0 Å². The fourth-order valence-electron chi connectivity index (χ4n) is 3.94. The van der Waals surface area contributed by atoms with E-state index >= 15 is 0 Å². The molecule has 0 saturated heterocycles. The molecule has 2 atom stereocenters. The summed E-state index contributed by atoms with van der Waals surface area (Å²) in [6.45, 7) is 4.18. The Kier molecular flexibility index (Phi) is 15.6. The van der Waals surface area contributed by atoms with Crippen LogP contribution in [0.5, 0.6) is 0 Å². The molecule has 192 valence electrons. The highest BCUT2D eigenvalue weighted by Crippen LogP contribution is 2.18. The molecule has 2 aromatic carbocycles. The monoisotopic (exact) mass is 480 g/mol. The number of aliphatic hydroxyl groups excluding tert-OH is 4. The molecule has 4 N–H and O–H groups in total. The summed E-state index contributed by atoms with van der Waals surface area (Å²) in [7, 11) is 0. The third kappa shape index (κ3) is 12.0. The van der Waals surface area contributed by atoms with Crippen molar-refractivity contribution in [3.8, 4) is 0 Å². The molecule has 6 heteroatoms. The highest BCUT2D eigenvalue weighted by molar-refractivity contribution is 5.25. The number of benzene rings is 2. The predicted molar refractivity (Wildman–Crippen MR) is 133 cm³/mol. The summed E-state index contributed by atoms with van der Waals surface area (Å²) in [5, 5.41) is 36.0. The second kappa shape index (κ2) is 17.6. The van der Waals surface area contributed by atoms with E-state index < -0.39 is 0 Å². The van der Waals surface area contributed by atoms with Crippen LogP contribution in [0.4, 0.5) is 8.78 Å². The van der Waals surface area contributed by atoms with Gasteiger partial charge in [-0.15, -0.1) is 0 Å². The number of unbranched alkanes of at least 4 members (excludes halogenated alkanes) is 2. The van der Waals surface area contributed by atoms with E-state index in [-0.39, 0.29) is 49.9 Å². The van der Waals surface area contributed by atoms with E-state index in [0.29, 0.717) is 11.1 Å². The zero-order valence-electron chi connectivity index (χ0n) is 20.6. The second-order valence-corrected chi connectivity index (χ2v) is 9.11. The Morgan fingerprint density at radius 3 is 1.29 bits per heavy atom. The number of hydrogen-bond donors (Lipinski definition) is 4. The summed E-state index contributed by atoms with van der Waals surface area (Å²) < 4.78 is 26.2. The van der Waals surface area contributed by atoms with Crippen LogP contribution in [0.15, 0.2) is 36.4 Å². The van der Waals surface area contributed by atoms with Crippen molar-refractivity contribution < 1.29 is 29.2 Å².